The molecule has 1 fully saturated rings. The second kappa shape index (κ2) is 10.8. The highest BCUT2D eigenvalue weighted by atomic mass is 127. The van der Waals surface area contributed by atoms with Crippen LogP contribution < -0.4 is 5.32 Å². The van der Waals surface area contributed by atoms with Crippen LogP contribution >= 0.6 is 24.0 Å². The zero-order valence-electron chi connectivity index (χ0n) is 17.3. The maximum atomic E-state index is 5.16. The van der Waals surface area contributed by atoms with Crippen LogP contribution in [0.4, 0.5) is 0 Å². The largest absolute Gasteiger partial charge is 0.361 e. The molecule has 28 heavy (non-hydrogen) atoms. The van der Waals surface area contributed by atoms with Gasteiger partial charge in [-0.15, -0.1) is 24.0 Å². The maximum Gasteiger partial charge on any atom is 0.194 e. The summed E-state index contributed by atoms with van der Waals surface area (Å²) in [5, 5.41) is 7.56. The first-order chi connectivity index (χ1) is 13.0. The number of imidazole rings is 1. The minimum absolute atomic E-state index is 0. The molecule has 0 aromatic carbocycles. The zero-order valence-corrected chi connectivity index (χ0v) is 19.6. The average Bonchev–Trinajstić information content (AvgIpc) is 3.25. The van der Waals surface area contributed by atoms with Gasteiger partial charge in [0.15, 0.2) is 5.96 Å². The van der Waals surface area contributed by atoms with Gasteiger partial charge in [-0.3, -0.25) is 9.89 Å². The Labute approximate surface area is 184 Å². The van der Waals surface area contributed by atoms with Crippen molar-refractivity contribution in [3.63, 3.8) is 0 Å². The first kappa shape index (κ1) is 22.7. The van der Waals surface area contributed by atoms with E-state index in [4.69, 9.17) is 4.52 Å². The number of hydrogen-bond acceptors (Lipinski definition) is 5. The van der Waals surface area contributed by atoms with Gasteiger partial charge in [-0.2, -0.15) is 0 Å². The van der Waals surface area contributed by atoms with Crippen LogP contribution in [-0.4, -0.2) is 63.7 Å². The van der Waals surface area contributed by atoms with Gasteiger partial charge in [-0.1, -0.05) is 19.0 Å². The molecule has 156 valence electrons. The second-order valence-electron chi connectivity index (χ2n) is 7.48. The summed E-state index contributed by atoms with van der Waals surface area (Å²) in [4.78, 5) is 13.7. The summed E-state index contributed by atoms with van der Waals surface area (Å²) in [5.74, 6) is 3.44. The minimum Gasteiger partial charge on any atom is -0.361 e. The van der Waals surface area contributed by atoms with Crippen molar-refractivity contribution in [1.29, 1.82) is 0 Å². The first-order valence-electron chi connectivity index (χ1n) is 9.65. The van der Waals surface area contributed by atoms with E-state index in [0.717, 1.165) is 62.5 Å². The molecule has 0 bridgehead atoms. The van der Waals surface area contributed by atoms with Gasteiger partial charge < -0.3 is 19.3 Å². The smallest absolute Gasteiger partial charge is 0.194 e. The molecular weight excluding hydrogens is 469 g/mol. The Morgan fingerprint density at radius 2 is 2.04 bits per heavy atom. The van der Waals surface area contributed by atoms with Crippen molar-refractivity contribution in [2.45, 2.75) is 40.4 Å². The number of piperazine rings is 1. The van der Waals surface area contributed by atoms with Crippen molar-refractivity contribution < 1.29 is 4.52 Å². The molecule has 1 saturated heterocycles. The van der Waals surface area contributed by atoms with Gasteiger partial charge in [0.1, 0.15) is 11.6 Å². The summed E-state index contributed by atoms with van der Waals surface area (Å²) in [5.41, 5.74) is 1.00. The fourth-order valence-corrected chi connectivity index (χ4v) is 3.40. The summed E-state index contributed by atoms with van der Waals surface area (Å²) in [6.07, 6.45) is 3.91. The standard InChI is InChI=1S/C19H31N7O.HI/c1-15(2)13-26-6-5-21-18(26)12-22-19(20-4)25-9-7-24(8-10-25)14-17-11-16(3)27-23-17;/h5-6,11,15H,7-10,12-14H2,1-4H3,(H,20,22);1H. The molecule has 9 heteroatoms. The number of nitrogens with zero attached hydrogens (tertiary/aromatic N) is 6. The molecule has 0 radical (unpaired) electrons. The topological polar surface area (TPSA) is 74.7 Å². The minimum atomic E-state index is 0. The van der Waals surface area contributed by atoms with E-state index in [1.165, 1.54) is 0 Å². The van der Waals surface area contributed by atoms with Gasteiger partial charge in [0.2, 0.25) is 0 Å². The summed E-state index contributed by atoms with van der Waals surface area (Å²) in [7, 11) is 1.84. The number of rotatable bonds is 6. The molecule has 1 N–H and O–H groups in total. The third-order valence-corrected chi connectivity index (χ3v) is 4.71. The number of aryl methyl sites for hydroxylation is 1. The molecule has 1 aliphatic heterocycles. The fourth-order valence-electron chi connectivity index (χ4n) is 3.40. The molecule has 0 atom stereocenters. The van der Waals surface area contributed by atoms with Gasteiger partial charge in [0.25, 0.3) is 0 Å². The molecule has 0 spiro atoms. The molecule has 0 unspecified atom stereocenters. The second-order valence-corrected chi connectivity index (χ2v) is 7.48. The van der Waals surface area contributed by atoms with Crippen molar-refractivity contribution in [3.05, 3.63) is 35.7 Å². The molecule has 3 heterocycles. The number of guanidine groups is 1. The van der Waals surface area contributed by atoms with E-state index in [-0.39, 0.29) is 24.0 Å². The third kappa shape index (κ3) is 6.20. The van der Waals surface area contributed by atoms with Crippen molar-refractivity contribution in [2.24, 2.45) is 10.9 Å². The van der Waals surface area contributed by atoms with E-state index < -0.39 is 0 Å². The first-order valence-corrected chi connectivity index (χ1v) is 9.65. The van der Waals surface area contributed by atoms with E-state index in [1.54, 1.807) is 0 Å². The van der Waals surface area contributed by atoms with Crippen LogP contribution in [0.25, 0.3) is 0 Å². The lowest BCUT2D eigenvalue weighted by Gasteiger charge is -2.36. The van der Waals surface area contributed by atoms with Gasteiger partial charge in [0.05, 0.1) is 12.2 Å². The fraction of sp³-hybridized carbons (Fsp3) is 0.632. The van der Waals surface area contributed by atoms with Crippen molar-refractivity contribution in [1.82, 2.24) is 29.8 Å². The van der Waals surface area contributed by atoms with Crippen molar-refractivity contribution in [3.8, 4) is 0 Å². The highest BCUT2D eigenvalue weighted by Crippen LogP contribution is 2.10. The van der Waals surface area contributed by atoms with Crippen LogP contribution in [-0.2, 0) is 19.6 Å². The summed E-state index contributed by atoms with van der Waals surface area (Å²) >= 11 is 0. The molecule has 0 aliphatic carbocycles. The van der Waals surface area contributed by atoms with Gasteiger partial charge in [0, 0.05) is 64.8 Å². The predicted molar refractivity (Wildman–Crippen MR) is 121 cm³/mol. The number of aliphatic imine (C=N–C) groups is 1. The molecule has 8 nitrogen and oxygen atoms in total. The third-order valence-electron chi connectivity index (χ3n) is 4.71. The maximum absolute atomic E-state index is 5.16. The van der Waals surface area contributed by atoms with E-state index in [2.05, 4.69) is 48.7 Å². The SMILES string of the molecule is CN=C(NCc1nccn1CC(C)C)N1CCN(Cc2cc(C)on2)CC1.I. The Bertz CT molecular complexity index is 747. The monoisotopic (exact) mass is 501 g/mol. The lowest BCUT2D eigenvalue weighted by atomic mass is 10.2. The summed E-state index contributed by atoms with van der Waals surface area (Å²) in [6.45, 7) is 12.7. The lowest BCUT2D eigenvalue weighted by Crippen LogP contribution is -2.52. The Morgan fingerprint density at radius 1 is 1.29 bits per heavy atom. The number of halogens is 1. The number of aromatic nitrogens is 3. The molecule has 2 aromatic heterocycles. The Kier molecular flexibility index (Phi) is 8.74. The van der Waals surface area contributed by atoms with Gasteiger partial charge in [-0.25, -0.2) is 4.98 Å². The molecular formula is C19H32IN7O. The molecule has 1 aliphatic rings. The summed E-state index contributed by atoms with van der Waals surface area (Å²) < 4.78 is 7.37. The van der Waals surface area contributed by atoms with Gasteiger partial charge >= 0.3 is 0 Å². The van der Waals surface area contributed by atoms with Crippen LogP contribution in [0.5, 0.6) is 0 Å². The molecule has 0 amide bonds. The van der Waals surface area contributed by atoms with Gasteiger partial charge in [-0.05, 0) is 12.8 Å². The van der Waals surface area contributed by atoms with Crippen molar-refractivity contribution >= 4 is 29.9 Å². The zero-order chi connectivity index (χ0) is 19.2. The van der Waals surface area contributed by atoms with E-state index in [0.29, 0.717) is 12.5 Å². The van der Waals surface area contributed by atoms with Crippen LogP contribution in [0.3, 0.4) is 0 Å². The summed E-state index contributed by atoms with van der Waals surface area (Å²) in [6, 6.07) is 2.01. The predicted octanol–water partition coefficient (Wildman–Crippen LogP) is 2.35. The quantitative estimate of drug-likeness (QED) is 0.372. The van der Waals surface area contributed by atoms with Crippen LogP contribution in [0, 0.1) is 12.8 Å². The van der Waals surface area contributed by atoms with Crippen LogP contribution in [0.2, 0.25) is 0 Å². The Balaban J connectivity index is 0.00000280. The number of hydrogen-bond donors (Lipinski definition) is 1. The lowest BCUT2D eigenvalue weighted by molar-refractivity contribution is 0.169. The highest BCUT2D eigenvalue weighted by Gasteiger charge is 2.20. The highest BCUT2D eigenvalue weighted by molar-refractivity contribution is 14.0. The Hall–Kier alpha value is -1.62. The normalized spacial score (nSPS) is 15.8. The van der Waals surface area contributed by atoms with Crippen molar-refractivity contribution in [2.75, 3.05) is 33.2 Å². The molecule has 0 saturated carbocycles. The molecule has 2 aromatic rings. The molecule has 3 rings (SSSR count). The van der Waals surface area contributed by atoms with Crippen LogP contribution in [0.1, 0.15) is 31.1 Å². The average molecular weight is 501 g/mol. The van der Waals surface area contributed by atoms with E-state index in [9.17, 15) is 0 Å². The number of nitrogens with one attached hydrogen (secondary N) is 1. The Morgan fingerprint density at radius 3 is 2.64 bits per heavy atom. The van der Waals surface area contributed by atoms with E-state index >= 15 is 0 Å². The van der Waals surface area contributed by atoms with Crippen LogP contribution in [0.15, 0.2) is 28.0 Å². The van der Waals surface area contributed by atoms with E-state index in [1.807, 2.05) is 32.4 Å².